The molecule has 0 aliphatic carbocycles. The van der Waals surface area contributed by atoms with Crippen molar-refractivity contribution in [3.8, 4) is 5.88 Å². The van der Waals surface area contributed by atoms with E-state index in [0.717, 1.165) is 10.0 Å². The zero-order chi connectivity index (χ0) is 13.0. The number of halogens is 1. The van der Waals surface area contributed by atoms with E-state index in [0.29, 0.717) is 18.2 Å². The van der Waals surface area contributed by atoms with Crippen LogP contribution in [-0.2, 0) is 6.61 Å². The summed E-state index contributed by atoms with van der Waals surface area (Å²) in [5.74, 6) is 0.389. The van der Waals surface area contributed by atoms with Crippen molar-refractivity contribution in [2.45, 2.75) is 6.61 Å². The molecule has 0 saturated heterocycles. The molecule has 92 valence electrons. The van der Waals surface area contributed by atoms with Crippen LogP contribution in [0.5, 0.6) is 5.88 Å². The van der Waals surface area contributed by atoms with Gasteiger partial charge in [0.2, 0.25) is 5.88 Å². The second-order valence-electron chi connectivity index (χ2n) is 3.65. The number of rotatable bonds is 4. The zero-order valence-electron chi connectivity index (χ0n) is 9.56. The van der Waals surface area contributed by atoms with E-state index in [1.807, 2.05) is 24.3 Å². The minimum Gasteiger partial charge on any atom is -0.473 e. The number of hydrogen-bond acceptors (Lipinski definition) is 3. The van der Waals surface area contributed by atoms with Gasteiger partial charge < -0.3 is 10.5 Å². The molecule has 1 aromatic carbocycles. The molecule has 2 rings (SSSR count). The molecular formula is C13H12BrN3O. The summed E-state index contributed by atoms with van der Waals surface area (Å²) in [6.45, 7) is 0.412. The normalized spacial score (nSPS) is 10.1. The van der Waals surface area contributed by atoms with Crippen molar-refractivity contribution in [2.24, 2.45) is 5.73 Å². The van der Waals surface area contributed by atoms with Crippen LogP contribution in [0, 0.1) is 5.41 Å². The lowest BCUT2D eigenvalue weighted by Crippen LogP contribution is -2.13. The second-order valence-corrected chi connectivity index (χ2v) is 4.51. The lowest BCUT2D eigenvalue weighted by atomic mass is 10.2. The van der Waals surface area contributed by atoms with E-state index < -0.39 is 0 Å². The van der Waals surface area contributed by atoms with Crippen molar-refractivity contribution in [1.29, 1.82) is 5.41 Å². The van der Waals surface area contributed by atoms with Gasteiger partial charge in [0.05, 0.1) is 0 Å². The number of hydrogen-bond donors (Lipinski definition) is 2. The molecule has 2 aromatic rings. The number of nitrogen functional groups attached to an aromatic ring is 1. The number of benzene rings is 1. The van der Waals surface area contributed by atoms with Gasteiger partial charge in [-0.1, -0.05) is 40.2 Å². The minimum atomic E-state index is -0.0682. The van der Waals surface area contributed by atoms with E-state index in [4.69, 9.17) is 15.9 Å². The highest BCUT2D eigenvalue weighted by atomic mass is 79.9. The van der Waals surface area contributed by atoms with E-state index >= 15 is 0 Å². The summed E-state index contributed by atoms with van der Waals surface area (Å²) >= 11 is 3.45. The Balaban J connectivity index is 2.09. The van der Waals surface area contributed by atoms with E-state index in [2.05, 4.69) is 20.9 Å². The van der Waals surface area contributed by atoms with Crippen molar-refractivity contribution in [1.82, 2.24) is 4.98 Å². The van der Waals surface area contributed by atoms with Crippen molar-refractivity contribution in [2.75, 3.05) is 0 Å². The Morgan fingerprint density at radius 3 is 2.72 bits per heavy atom. The van der Waals surface area contributed by atoms with E-state index in [9.17, 15) is 0 Å². The number of nitrogens with one attached hydrogen (secondary N) is 1. The Morgan fingerprint density at radius 2 is 2.00 bits per heavy atom. The predicted octanol–water partition coefficient (Wildman–Crippen LogP) is 2.71. The first-order valence-electron chi connectivity index (χ1n) is 5.34. The molecule has 0 aliphatic rings. The summed E-state index contributed by atoms with van der Waals surface area (Å²) in [6, 6.07) is 13.0. The Bertz CT molecular complexity index is 572. The summed E-state index contributed by atoms with van der Waals surface area (Å²) in [5, 5.41) is 7.31. The maximum absolute atomic E-state index is 7.31. The Morgan fingerprint density at radius 1 is 1.22 bits per heavy atom. The fourth-order valence-corrected chi connectivity index (χ4v) is 1.81. The lowest BCUT2D eigenvalue weighted by Gasteiger charge is -2.07. The van der Waals surface area contributed by atoms with Crippen LogP contribution in [0.4, 0.5) is 0 Å². The first-order chi connectivity index (χ1) is 8.66. The minimum absolute atomic E-state index is 0.0682. The first kappa shape index (κ1) is 12.6. The van der Waals surface area contributed by atoms with Gasteiger partial charge in [0.25, 0.3) is 0 Å². The highest BCUT2D eigenvalue weighted by molar-refractivity contribution is 9.10. The number of amidine groups is 1. The van der Waals surface area contributed by atoms with E-state index in [1.54, 1.807) is 18.2 Å². The predicted molar refractivity (Wildman–Crippen MR) is 73.7 cm³/mol. The molecule has 18 heavy (non-hydrogen) atoms. The molecule has 1 aromatic heterocycles. The molecule has 5 heteroatoms. The number of pyridine rings is 1. The fourth-order valence-electron chi connectivity index (χ4n) is 1.41. The van der Waals surface area contributed by atoms with Crippen molar-refractivity contribution < 1.29 is 4.74 Å². The topological polar surface area (TPSA) is 72.0 Å². The Kier molecular flexibility index (Phi) is 3.94. The fraction of sp³-hybridized carbons (Fsp3) is 0.0769. The highest BCUT2D eigenvalue weighted by Crippen LogP contribution is 2.18. The quantitative estimate of drug-likeness (QED) is 0.674. The van der Waals surface area contributed by atoms with Crippen LogP contribution in [-0.4, -0.2) is 10.8 Å². The summed E-state index contributed by atoms with van der Waals surface area (Å²) < 4.78 is 6.56. The second kappa shape index (κ2) is 5.64. The average Bonchev–Trinajstić information content (AvgIpc) is 2.38. The van der Waals surface area contributed by atoms with Gasteiger partial charge in [0.1, 0.15) is 18.1 Å². The van der Waals surface area contributed by atoms with Gasteiger partial charge >= 0.3 is 0 Å². The largest absolute Gasteiger partial charge is 0.473 e. The van der Waals surface area contributed by atoms with Crippen molar-refractivity contribution in [3.05, 3.63) is 58.2 Å². The number of nitrogens with two attached hydrogens (primary N) is 1. The summed E-state index contributed by atoms with van der Waals surface area (Å²) in [4.78, 5) is 4.13. The molecule has 0 saturated carbocycles. The van der Waals surface area contributed by atoms with Gasteiger partial charge in [0.15, 0.2) is 0 Å². The summed E-state index contributed by atoms with van der Waals surface area (Å²) in [5.41, 5.74) is 6.82. The molecule has 0 fully saturated rings. The van der Waals surface area contributed by atoms with Gasteiger partial charge in [-0.2, -0.15) is 0 Å². The molecule has 0 spiro atoms. The lowest BCUT2D eigenvalue weighted by molar-refractivity contribution is 0.293. The van der Waals surface area contributed by atoms with Crippen LogP contribution < -0.4 is 10.5 Å². The molecule has 0 radical (unpaired) electrons. The molecule has 0 atom stereocenters. The molecule has 1 heterocycles. The molecular weight excluding hydrogens is 294 g/mol. The maximum Gasteiger partial charge on any atom is 0.214 e. The monoisotopic (exact) mass is 305 g/mol. The first-order valence-corrected chi connectivity index (χ1v) is 6.14. The summed E-state index contributed by atoms with van der Waals surface area (Å²) in [7, 11) is 0. The van der Waals surface area contributed by atoms with Crippen LogP contribution >= 0.6 is 15.9 Å². The van der Waals surface area contributed by atoms with Crippen LogP contribution in [0.3, 0.4) is 0 Å². The molecule has 0 amide bonds. The molecule has 0 bridgehead atoms. The van der Waals surface area contributed by atoms with Crippen LogP contribution in [0.15, 0.2) is 46.9 Å². The number of aromatic nitrogens is 1. The smallest absolute Gasteiger partial charge is 0.214 e. The maximum atomic E-state index is 7.31. The van der Waals surface area contributed by atoms with Gasteiger partial charge in [-0.15, -0.1) is 0 Å². The average molecular weight is 306 g/mol. The van der Waals surface area contributed by atoms with Gasteiger partial charge in [0, 0.05) is 16.1 Å². The van der Waals surface area contributed by atoms with Crippen molar-refractivity contribution >= 4 is 21.8 Å². The van der Waals surface area contributed by atoms with E-state index in [-0.39, 0.29) is 5.84 Å². The van der Waals surface area contributed by atoms with Gasteiger partial charge in [-0.25, -0.2) is 4.98 Å². The summed E-state index contributed by atoms with van der Waals surface area (Å²) in [6.07, 6.45) is 0. The standard InChI is InChI=1S/C13H12BrN3O/c14-10-5-2-1-4-9(10)8-18-12-7-3-6-11(17-12)13(15)16/h1-7H,8H2,(H3,15,16). The van der Waals surface area contributed by atoms with Crippen molar-refractivity contribution in [3.63, 3.8) is 0 Å². The van der Waals surface area contributed by atoms with E-state index in [1.165, 1.54) is 0 Å². The van der Waals surface area contributed by atoms with Gasteiger partial charge in [-0.3, -0.25) is 5.41 Å². The SMILES string of the molecule is N=C(N)c1cccc(OCc2ccccc2Br)n1. The Labute approximate surface area is 113 Å². The van der Waals surface area contributed by atoms with Crippen LogP contribution in [0.25, 0.3) is 0 Å². The van der Waals surface area contributed by atoms with Crippen LogP contribution in [0.2, 0.25) is 0 Å². The third-order valence-corrected chi connectivity index (χ3v) is 3.11. The number of ether oxygens (including phenoxy) is 1. The number of nitrogens with zero attached hydrogens (tertiary/aromatic N) is 1. The zero-order valence-corrected chi connectivity index (χ0v) is 11.1. The molecule has 4 nitrogen and oxygen atoms in total. The molecule has 0 aliphatic heterocycles. The third kappa shape index (κ3) is 3.07. The third-order valence-electron chi connectivity index (χ3n) is 2.33. The Hall–Kier alpha value is -1.88. The highest BCUT2D eigenvalue weighted by Gasteiger charge is 2.03. The molecule has 3 N–H and O–H groups in total. The van der Waals surface area contributed by atoms with Gasteiger partial charge in [-0.05, 0) is 12.1 Å². The van der Waals surface area contributed by atoms with Crippen LogP contribution in [0.1, 0.15) is 11.3 Å². The molecule has 0 unspecified atom stereocenters.